The van der Waals surface area contributed by atoms with E-state index in [0.29, 0.717) is 5.69 Å². The van der Waals surface area contributed by atoms with E-state index in [2.05, 4.69) is 0 Å². The number of carbonyl (C=O) groups excluding carboxylic acids is 3. The van der Waals surface area contributed by atoms with Gasteiger partial charge in [-0.25, -0.2) is 4.90 Å². The van der Waals surface area contributed by atoms with Gasteiger partial charge in [-0.2, -0.15) is 0 Å². The van der Waals surface area contributed by atoms with Crippen LogP contribution in [0.4, 0.5) is 11.4 Å². The van der Waals surface area contributed by atoms with E-state index in [0.717, 1.165) is 39.7 Å². The van der Waals surface area contributed by atoms with Crippen LogP contribution in [-0.2, 0) is 19.8 Å². The molecule has 38 heavy (non-hydrogen) atoms. The Hall–Kier alpha value is -4.91. The Kier molecular flexibility index (Phi) is 4.57. The fourth-order valence-corrected chi connectivity index (χ4v) is 6.86. The Morgan fingerprint density at radius 1 is 0.737 bits per heavy atom. The molecule has 0 N–H and O–H groups in total. The van der Waals surface area contributed by atoms with Crippen LogP contribution in [-0.4, -0.2) is 23.0 Å². The number of rotatable bonds is 4. The summed E-state index contributed by atoms with van der Waals surface area (Å²) in [4.78, 5) is 52.9. The summed E-state index contributed by atoms with van der Waals surface area (Å²) in [5.41, 5.74) is 4.24. The van der Waals surface area contributed by atoms with E-state index >= 15 is 0 Å². The maximum atomic E-state index is 14.1. The molecule has 4 aliphatic rings. The highest BCUT2D eigenvalue weighted by atomic mass is 16.6. The number of nitro groups is 1. The van der Waals surface area contributed by atoms with Gasteiger partial charge >= 0.3 is 0 Å². The van der Waals surface area contributed by atoms with Gasteiger partial charge in [-0.3, -0.25) is 19.7 Å². The fraction of sp³-hybridized carbons (Fsp3) is 0.129. The number of nitrogens with zero attached hydrogens (tertiary/aromatic N) is 2. The first-order valence-electron chi connectivity index (χ1n) is 12.3. The number of non-ortho nitro benzene ring substituents is 1. The van der Waals surface area contributed by atoms with Gasteiger partial charge in [0.2, 0.25) is 11.8 Å². The maximum Gasteiger partial charge on any atom is 0.269 e. The van der Waals surface area contributed by atoms with Gasteiger partial charge in [0.15, 0.2) is 0 Å². The number of hydrogen-bond donors (Lipinski definition) is 0. The quantitative estimate of drug-likeness (QED) is 0.170. The van der Waals surface area contributed by atoms with Gasteiger partial charge < -0.3 is 4.79 Å². The molecular formula is C31H20N2O5. The highest BCUT2D eigenvalue weighted by Gasteiger charge is 2.68. The molecule has 1 aliphatic heterocycles. The number of nitro benzene ring substituents is 1. The van der Waals surface area contributed by atoms with Gasteiger partial charge in [0.25, 0.3) is 5.69 Å². The molecule has 3 aliphatic carbocycles. The molecule has 1 saturated heterocycles. The third kappa shape index (κ3) is 2.70. The van der Waals surface area contributed by atoms with Crippen LogP contribution in [0.15, 0.2) is 97.1 Å². The van der Waals surface area contributed by atoms with E-state index in [4.69, 9.17) is 0 Å². The summed E-state index contributed by atoms with van der Waals surface area (Å²) in [6, 6.07) is 28.5. The van der Waals surface area contributed by atoms with Crippen molar-refractivity contribution in [1.82, 2.24) is 0 Å². The van der Waals surface area contributed by atoms with Crippen LogP contribution in [0.1, 0.15) is 28.2 Å². The van der Waals surface area contributed by atoms with Gasteiger partial charge in [-0.15, -0.1) is 0 Å². The number of imide groups is 1. The zero-order valence-electron chi connectivity index (χ0n) is 20.0. The predicted molar refractivity (Wildman–Crippen MR) is 140 cm³/mol. The van der Waals surface area contributed by atoms with Gasteiger partial charge in [0.05, 0.1) is 27.9 Å². The summed E-state index contributed by atoms with van der Waals surface area (Å²) in [5, 5.41) is 11.0. The number of anilines is 1. The van der Waals surface area contributed by atoms with Crippen molar-refractivity contribution in [3.63, 3.8) is 0 Å². The molecule has 2 amide bonds. The Morgan fingerprint density at radius 3 is 1.79 bits per heavy atom. The minimum absolute atomic E-state index is 0.00182. The van der Waals surface area contributed by atoms with E-state index in [1.165, 1.54) is 17.0 Å². The molecule has 1 fully saturated rings. The lowest BCUT2D eigenvalue weighted by Gasteiger charge is -2.51. The fourth-order valence-electron chi connectivity index (χ4n) is 6.86. The second kappa shape index (κ2) is 7.79. The molecule has 0 saturated carbocycles. The van der Waals surface area contributed by atoms with Crippen molar-refractivity contribution in [2.75, 3.05) is 4.90 Å². The summed E-state index contributed by atoms with van der Waals surface area (Å²) in [6.07, 6.45) is 0.865. The minimum Gasteiger partial charge on any atom is -0.302 e. The maximum absolute atomic E-state index is 14.1. The molecule has 0 spiro atoms. The second-order valence-corrected chi connectivity index (χ2v) is 10.0. The Balaban J connectivity index is 1.32. The van der Waals surface area contributed by atoms with E-state index in [-0.39, 0.29) is 23.4 Å². The molecule has 2 bridgehead atoms. The third-order valence-corrected chi connectivity index (χ3v) is 8.41. The number of carbonyl (C=O) groups is 3. The number of amides is 2. The topological polar surface area (TPSA) is 97.6 Å². The molecule has 7 heteroatoms. The van der Waals surface area contributed by atoms with Crippen LogP contribution < -0.4 is 4.90 Å². The molecule has 184 valence electrons. The van der Waals surface area contributed by atoms with Crippen LogP contribution in [0.2, 0.25) is 0 Å². The van der Waals surface area contributed by atoms with Crippen LogP contribution in [0.3, 0.4) is 0 Å². The Bertz CT molecular complexity index is 1630. The van der Waals surface area contributed by atoms with E-state index in [1.54, 1.807) is 36.4 Å². The van der Waals surface area contributed by atoms with E-state index in [1.807, 2.05) is 48.5 Å². The van der Waals surface area contributed by atoms with Crippen LogP contribution in [0, 0.1) is 22.0 Å². The first-order valence-corrected chi connectivity index (χ1v) is 12.3. The Morgan fingerprint density at radius 2 is 1.26 bits per heavy atom. The summed E-state index contributed by atoms with van der Waals surface area (Å²) in [6.45, 7) is 0. The number of aldehydes is 1. The zero-order chi connectivity index (χ0) is 26.2. The van der Waals surface area contributed by atoms with Crippen LogP contribution >= 0.6 is 0 Å². The molecule has 0 radical (unpaired) electrons. The van der Waals surface area contributed by atoms with Crippen LogP contribution in [0.25, 0.3) is 11.1 Å². The van der Waals surface area contributed by atoms with Crippen molar-refractivity contribution >= 4 is 29.5 Å². The van der Waals surface area contributed by atoms with Crippen molar-refractivity contribution < 1.29 is 19.3 Å². The molecule has 4 aromatic carbocycles. The minimum atomic E-state index is -1.23. The highest BCUT2D eigenvalue weighted by Crippen LogP contribution is 2.63. The van der Waals surface area contributed by atoms with Gasteiger partial charge in [0.1, 0.15) is 6.29 Å². The average molecular weight is 501 g/mol. The number of benzene rings is 4. The van der Waals surface area contributed by atoms with Gasteiger partial charge in [-0.05, 0) is 57.6 Å². The molecule has 1 heterocycles. The van der Waals surface area contributed by atoms with Crippen molar-refractivity contribution in [2.24, 2.45) is 11.8 Å². The summed E-state index contributed by atoms with van der Waals surface area (Å²) in [5.74, 6) is -2.48. The summed E-state index contributed by atoms with van der Waals surface area (Å²) >= 11 is 0. The summed E-state index contributed by atoms with van der Waals surface area (Å²) in [7, 11) is 0. The molecule has 4 aromatic rings. The SMILES string of the molecule is O=CC12c3ccccc3C(c3ccccc31)[C@@H]1C(=O)N(c3ccc(-c4ccc([N+](=O)[O-])cc4)cc3)C(=O)[C@@H]12. The smallest absolute Gasteiger partial charge is 0.269 e. The average Bonchev–Trinajstić information content (AvgIpc) is 3.23. The standard InChI is InChI=1S/C31H20N2O5/c34-17-31-24-7-3-1-5-22(24)26(23-6-2-4-8-25(23)31)27-28(31)30(36)32(29(27)35)20-13-9-18(10-14-20)19-11-15-21(16-12-19)33(37)38/h1-17,26-28H/t26?,27-,28+,31?/m0/s1. The zero-order valence-corrected chi connectivity index (χ0v) is 20.0. The number of hydrogen-bond acceptors (Lipinski definition) is 5. The second-order valence-electron chi connectivity index (χ2n) is 10.0. The molecule has 2 atom stereocenters. The lowest BCUT2D eigenvalue weighted by molar-refractivity contribution is -0.384. The molecule has 8 rings (SSSR count). The normalized spacial score (nSPS) is 24.5. The van der Waals surface area contributed by atoms with E-state index < -0.39 is 22.2 Å². The van der Waals surface area contributed by atoms with Crippen molar-refractivity contribution in [3.8, 4) is 11.1 Å². The van der Waals surface area contributed by atoms with Crippen molar-refractivity contribution in [3.05, 3.63) is 129 Å². The van der Waals surface area contributed by atoms with Gasteiger partial charge in [-0.1, -0.05) is 60.7 Å². The molecule has 7 nitrogen and oxygen atoms in total. The molecule has 0 aromatic heterocycles. The van der Waals surface area contributed by atoms with Crippen molar-refractivity contribution in [2.45, 2.75) is 11.3 Å². The lowest BCUT2D eigenvalue weighted by atomic mass is 9.48. The highest BCUT2D eigenvalue weighted by molar-refractivity contribution is 6.24. The monoisotopic (exact) mass is 500 g/mol. The molecular weight excluding hydrogens is 480 g/mol. The van der Waals surface area contributed by atoms with Gasteiger partial charge in [0, 0.05) is 18.1 Å². The third-order valence-electron chi connectivity index (χ3n) is 8.41. The lowest BCUT2D eigenvalue weighted by Crippen LogP contribution is -2.54. The predicted octanol–water partition coefficient (Wildman–Crippen LogP) is 5.01. The summed E-state index contributed by atoms with van der Waals surface area (Å²) < 4.78 is 0. The van der Waals surface area contributed by atoms with E-state index in [9.17, 15) is 24.5 Å². The molecule has 0 unspecified atom stereocenters. The largest absolute Gasteiger partial charge is 0.302 e. The van der Waals surface area contributed by atoms with Crippen LogP contribution in [0.5, 0.6) is 0 Å². The Labute approximate surface area is 217 Å². The van der Waals surface area contributed by atoms with Crippen molar-refractivity contribution in [1.29, 1.82) is 0 Å². The first-order chi connectivity index (χ1) is 18.5. The first kappa shape index (κ1) is 22.3.